The first kappa shape index (κ1) is 14.5. The summed E-state index contributed by atoms with van der Waals surface area (Å²) in [6.45, 7) is 9.74. The maximum atomic E-state index is 4.78. The molecule has 1 rings (SSSR count). The zero-order valence-electron chi connectivity index (χ0n) is 11.5. The number of anilines is 1. The van der Waals surface area contributed by atoms with Gasteiger partial charge in [0.2, 0.25) is 0 Å². The molecule has 0 saturated carbocycles. The van der Waals surface area contributed by atoms with Crippen LogP contribution in [0.15, 0.2) is 0 Å². The van der Waals surface area contributed by atoms with Crippen molar-refractivity contribution in [1.82, 2.24) is 10.3 Å². The van der Waals surface area contributed by atoms with Gasteiger partial charge in [-0.25, -0.2) is 4.98 Å². The van der Waals surface area contributed by atoms with Crippen molar-refractivity contribution in [3.63, 3.8) is 0 Å². The van der Waals surface area contributed by atoms with Crippen LogP contribution in [-0.2, 0) is 13.0 Å². The number of aromatic nitrogens is 1. The fourth-order valence-corrected chi connectivity index (χ4v) is 3.07. The van der Waals surface area contributed by atoms with Crippen molar-refractivity contribution in [1.29, 1.82) is 0 Å². The maximum Gasteiger partial charge on any atom is 0.185 e. The van der Waals surface area contributed by atoms with Crippen molar-refractivity contribution in [2.24, 2.45) is 0 Å². The third kappa shape index (κ3) is 3.96. The number of unbranched alkanes of at least 4 members (excludes halogenated alkanes) is 1. The van der Waals surface area contributed by atoms with Gasteiger partial charge in [0.25, 0.3) is 0 Å². The van der Waals surface area contributed by atoms with Gasteiger partial charge < -0.3 is 10.2 Å². The van der Waals surface area contributed by atoms with E-state index in [0.717, 1.165) is 26.1 Å². The molecule has 0 saturated heterocycles. The van der Waals surface area contributed by atoms with E-state index in [1.165, 1.54) is 28.5 Å². The van der Waals surface area contributed by atoms with Crippen LogP contribution >= 0.6 is 11.3 Å². The van der Waals surface area contributed by atoms with E-state index >= 15 is 0 Å². The summed E-state index contributed by atoms with van der Waals surface area (Å²) in [5.41, 5.74) is 1.26. The Kier molecular flexibility index (Phi) is 6.52. The molecule has 0 fully saturated rings. The molecule has 0 aliphatic heterocycles. The first-order chi connectivity index (χ1) is 8.26. The third-order valence-corrected chi connectivity index (χ3v) is 4.03. The van der Waals surface area contributed by atoms with E-state index in [1.807, 2.05) is 18.4 Å². The van der Waals surface area contributed by atoms with Crippen molar-refractivity contribution in [2.45, 2.75) is 46.6 Å². The number of hydrogen-bond donors (Lipinski definition) is 1. The molecule has 0 amide bonds. The minimum absolute atomic E-state index is 0.937. The van der Waals surface area contributed by atoms with Crippen molar-refractivity contribution in [3.8, 4) is 0 Å². The van der Waals surface area contributed by atoms with Crippen LogP contribution in [0.1, 0.15) is 44.2 Å². The minimum Gasteiger partial charge on any atom is -0.348 e. The number of thiazole rings is 1. The Morgan fingerprint density at radius 3 is 2.59 bits per heavy atom. The number of nitrogens with zero attached hydrogens (tertiary/aromatic N) is 2. The van der Waals surface area contributed by atoms with Crippen LogP contribution in [0.2, 0.25) is 0 Å². The molecule has 1 aromatic heterocycles. The summed E-state index contributed by atoms with van der Waals surface area (Å²) < 4.78 is 0. The van der Waals surface area contributed by atoms with Crippen molar-refractivity contribution in [3.05, 3.63) is 10.6 Å². The maximum absolute atomic E-state index is 4.78. The lowest BCUT2D eigenvalue weighted by Gasteiger charge is -2.19. The molecule has 17 heavy (non-hydrogen) atoms. The smallest absolute Gasteiger partial charge is 0.185 e. The standard InChI is InChI=1S/C13H25N3S/c1-5-8-9-16(7-3)13-15-11(6-2)12(17-13)10-14-4/h14H,5-10H2,1-4H3. The topological polar surface area (TPSA) is 28.2 Å². The van der Waals surface area contributed by atoms with Crippen LogP contribution in [0.5, 0.6) is 0 Å². The zero-order chi connectivity index (χ0) is 12.7. The molecule has 3 nitrogen and oxygen atoms in total. The van der Waals surface area contributed by atoms with Gasteiger partial charge in [-0.05, 0) is 26.8 Å². The summed E-state index contributed by atoms with van der Waals surface area (Å²) in [7, 11) is 1.99. The molecule has 0 radical (unpaired) electrons. The van der Waals surface area contributed by atoms with E-state index in [9.17, 15) is 0 Å². The molecule has 0 aliphatic carbocycles. The van der Waals surface area contributed by atoms with Crippen LogP contribution in [0.25, 0.3) is 0 Å². The van der Waals surface area contributed by atoms with Gasteiger partial charge in [0, 0.05) is 24.5 Å². The van der Waals surface area contributed by atoms with Crippen LogP contribution in [0.4, 0.5) is 5.13 Å². The Bertz CT molecular complexity index is 322. The van der Waals surface area contributed by atoms with Crippen LogP contribution in [0, 0.1) is 0 Å². The lowest BCUT2D eigenvalue weighted by molar-refractivity contribution is 0.728. The van der Waals surface area contributed by atoms with Gasteiger partial charge in [0.05, 0.1) is 5.69 Å². The second-order valence-corrected chi connectivity index (χ2v) is 5.25. The molecule has 4 heteroatoms. The quantitative estimate of drug-likeness (QED) is 0.774. The number of aryl methyl sites for hydroxylation is 1. The average Bonchev–Trinajstić information content (AvgIpc) is 2.74. The second-order valence-electron chi connectivity index (χ2n) is 4.18. The van der Waals surface area contributed by atoms with Gasteiger partial charge in [-0.1, -0.05) is 20.3 Å². The molecule has 1 heterocycles. The summed E-state index contributed by atoms with van der Waals surface area (Å²) in [5.74, 6) is 0. The third-order valence-electron chi connectivity index (χ3n) is 2.87. The zero-order valence-corrected chi connectivity index (χ0v) is 12.4. The van der Waals surface area contributed by atoms with Gasteiger partial charge >= 0.3 is 0 Å². The summed E-state index contributed by atoms with van der Waals surface area (Å²) in [5, 5.41) is 4.42. The number of nitrogens with one attached hydrogen (secondary N) is 1. The van der Waals surface area contributed by atoms with Crippen molar-refractivity contribution in [2.75, 3.05) is 25.0 Å². The largest absolute Gasteiger partial charge is 0.348 e. The summed E-state index contributed by atoms with van der Waals surface area (Å²) in [4.78, 5) is 8.56. The molecule has 0 bridgehead atoms. The Morgan fingerprint density at radius 2 is 2.06 bits per heavy atom. The molecule has 0 unspecified atom stereocenters. The normalized spacial score (nSPS) is 10.8. The van der Waals surface area contributed by atoms with Gasteiger partial charge in [-0.15, -0.1) is 11.3 Å². The summed E-state index contributed by atoms with van der Waals surface area (Å²) in [6.07, 6.45) is 3.51. The van der Waals surface area contributed by atoms with Crippen LogP contribution < -0.4 is 10.2 Å². The van der Waals surface area contributed by atoms with E-state index in [1.54, 1.807) is 0 Å². The first-order valence-corrected chi connectivity index (χ1v) is 7.46. The molecule has 0 atom stereocenters. The number of rotatable bonds is 8. The SMILES string of the molecule is CCCCN(CC)c1nc(CC)c(CNC)s1. The van der Waals surface area contributed by atoms with Gasteiger partial charge in [-0.2, -0.15) is 0 Å². The molecule has 1 N–H and O–H groups in total. The highest BCUT2D eigenvalue weighted by molar-refractivity contribution is 7.15. The van der Waals surface area contributed by atoms with E-state index in [4.69, 9.17) is 4.98 Å². The molecular formula is C13H25N3S. The predicted octanol–water partition coefficient (Wildman–Crippen LogP) is 3.05. The number of hydrogen-bond acceptors (Lipinski definition) is 4. The van der Waals surface area contributed by atoms with Crippen LogP contribution in [0.3, 0.4) is 0 Å². The van der Waals surface area contributed by atoms with E-state index in [-0.39, 0.29) is 0 Å². The fraction of sp³-hybridized carbons (Fsp3) is 0.769. The Balaban J connectivity index is 2.80. The molecule has 1 aromatic rings. The van der Waals surface area contributed by atoms with Crippen molar-refractivity contribution < 1.29 is 0 Å². The lowest BCUT2D eigenvalue weighted by atomic mass is 10.3. The average molecular weight is 255 g/mol. The highest BCUT2D eigenvalue weighted by atomic mass is 32.1. The molecule has 0 spiro atoms. The fourth-order valence-electron chi connectivity index (χ4n) is 1.82. The van der Waals surface area contributed by atoms with Crippen molar-refractivity contribution >= 4 is 16.5 Å². The molecular weight excluding hydrogens is 230 g/mol. The Morgan fingerprint density at radius 1 is 1.29 bits per heavy atom. The van der Waals surface area contributed by atoms with E-state index in [0.29, 0.717) is 0 Å². The van der Waals surface area contributed by atoms with Gasteiger partial charge in [0.1, 0.15) is 0 Å². The van der Waals surface area contributed by atoms with E-state index < -0.39 is 0 Å². The predicted molar refractivity (Wildman–Crippen MR) is 77.1 cm³/mol. The lowest BCUT2D eigenvalue weighted by Crippen LogP contribution is -2.23. The summed E-state index contributed by atoms with van der Waals surface area (Å²) >= 11 is 1.84. The Hall–Kier alpha value is -0.610. The monoisotopic (exact) mass is 255 g/mol. The molecule has 0 aromatic carbocycles. The molecule has 98 valence electrons. The van der Waals surface area contributed by atoms with Crippen LogP contribution in [-0.4, -0.2) is 25.1 Å². The summed E-state index contributed by atoms with van der Waals surface area (Å²) in [6, 6.07) is 0. The minimum atomic E-state index is 0.937. The molecule has 0 aliphatic rings. The second kappa shape index (κ2) is 7.67. The highest BCUT2D eigenvalue weighted by Crippen LogP contribution is 2.27. The first-order valence-electron chi connectivity index (χ1n) is 6.64. The van der Waals surface area contributed by atoms with Gasteiger partial charge in [-0.3, -0.25) is 0 Å². The highest BCUT2D eigenvalue weighted by Gasteiger charge is 2.13. The Labute approximate surface area is 109 Å². The van der Waals surface area contributed by atoms with E-state index in [2.05, 4.69) is 31.0 Å². The van der Waals surface area contributed by atoms with Gasteiger partial charge in [0.15, 0.2) is 5.13 Å².